The third-order valence-corrected chi connectivity index (χ3v) is 35.2. The van der Waals surface area contributed by atoms with Gasteiger partial charge < -0.3 is 0 Å². The molecular formula is C38H40S20. The molecule has 0 spiro atoms. The van der Waals surface area contributed by atoms with E-state index in [-0.39, 0.29) is 0 Å². The summed E-state index contributed by atoms with van der Waals surface area (Å²) in [6, 6.07) is 0. The summed E-state index contributed by atoms with van der Waals surface area (Å²) in [5, 5.41) is 0. The van der Waals surface area contributed by atoms with Gasteiger partial charge in [0.25, 0.3) is 0 Å². The van der Waals surface area contributed by atoms with Crippen LogP contribution in [0.25, 0.3) is 0 Å². The summed E-state index contributed by atoms with van der Waals surface area (Å²) >= 11 is 38.3. The van der Waals surface area contributed by atoms with Crippen molar-refractivity contribution in [1.29, 1.82) is 0 Å². The molecule has 0 unspecified atom stereocenters. The first kappa shape index (κ1) is 51.0. The minimum atomic E-state index is 1.33. The van der Waals surface area contributed by atoms with E-state index in [1.807, 2.05) is 235 Å². The molecule has 20 heteroatoms. The van der Waals surface area contributed by atoms with Crippen molar-refractivity contribution in [3.63, 3.8) is 0 Å². The number of hydrogen-bond acceptors (Lipinski definition) is 20. The Morgan fingerprint density at radius 1 is 0.293 bits per heavy atom. The average molecular weight is 1140 g/mol. The van der Waals surface area contributed by atoms with Crippen LogP contribution in [0.5, 0.6) is 0 Å². The number of allylic oxidation sites excluding steroid dienone is 8. The molecule has 58 heavy (non-hydrogen) atoms. The molecule has 0 aromatic heterocycles. The fourth-order valence-corrected chi connectivity index (χ4v) is 30.8. The first-order chi connectivity index (χ1) is 28.0. The Morgan fingerprint density at radius 3 is 0.621 bits per heavy atom. The van der Waals surface area contributed by atoms with Gasteiger partial charge >= 0.3 is 0 Å². The smallest absolute Gasteiger partial charge is 0.0657 e. The van der Waals surface area contributed by atoms with Crippen LogP contribution in [0.2, 0.25) is 0 Å². The Balaban J connectivity index is 1.27. The highest BCUT2D eigenvalue weighted by Crippen LogP contribution is 2.66. The number of rotatable bonds is 14. The largest absolute Gasteiger partial charge is 0.121 e. The van der Waals surface area contributed by atoms with E-state index in [0.717, 1.165) is 0 Å². The lowest BCUT2D eigenvalue weighted by atomic mass is 10.2. The maximum Gasteiger partial charge on any atom is 0.0657 e. The predicted molar refractivity (Wildman–Crippen MR) is 317 cm³/mol. The molecule has 0 aromatic carbocycles. The fourth-order valence-electron chi connectivity index (χ4n) is 5.09. The normalized spacial score (nSPS) is 20.5. The molecule has 0 amide bonds. The van der Waals surface area contributed by atoms with Crippen molar-refractivity contribution >= 4 is 235 Å². The molecule has 312 valence electrons. The quantitative estimate of drug-likeness (QED) is 0.162. The lowest BCUT2D eigenvalue weighted by Gasteiger charge is -2.11. The molecule has 0 atom stereocenters. The molecule has 6 aliphatic rings. The maximum absolute atomic E-state index is 2.34. The van der Waals surface area contributed by atoms with Crippen molar-refractivity contribution < 1.29 is 0 Å². The molecule has 6 rings (SSSR count). The summed E-state index contributed by atoms with van der Waals surface area (Å²) < 4.78 is 19.7. The van der Waals surface area contributed by atoms with E-state index in [1.54, 1.807) is 0 Å². The molecule has 0 fully saturated rings. The van der Waals surface area contributed by atoms with E-state index in [2.05, 4.69) is 102 Å². The van der Waals surface area contributed by atoms with Gasteiger partial charge in [-0.25, -0.2) is 0 Å². The van der Waals surface area contributed by atoms with Crippen LogP contribution in [0, 0.1) is 0 Å². The van der Waals surface area contributed by atoms with E-state index in [1.165, 1.54) is 101 Å². The van der Waals surface area contributed by atoms with Gasteiger partial charge in [0, 0.05) is 28.1 Å². The second-order valence-corrected chi connectivity index (χ2v) is 34.0. The van der Waals surface area contributed by atoms with Crippen LogP contribution in [0.1, 0.15) is 27.7 Å². The topological polar surface area (TPSA) is 0 Å². The third kappa shape index (κ3) is 12.0. The number of hydrogen-bond donors (Lipinski definition) is 0. The van der Waals surface area contributed by atoms with Gasteiger partial charge in [0.2, 0.25) is 0 Å². The molecular weight excluding hydrogens is 1100 g/mol. The van der Waals surface area contributed by atoms with E-state index in [4.69, 9.17) is 0 Å². The second kappa shape index (κ2) is 24.6. The fraction of sp³-hybridized carbons (Fsp3) is 0.316. The van der Waals surface area contributed by atoms with Crippen molar-refractivity contribution in [1.82, 2.24) is 0 Å². The van der Waals surface area contributed by atoms with Crippen LogP contribution in [-0.4, -0.2) is 50.0 Å². The van der Waals surface area contributed by atoms with Gasteiger partial charge in [0.15, 0.2) is 0 Å². The van der Waals surface area contributed by atoms with Gasteiger partial charge in [-0.15, -0.1) is 94.1 Å². The van der Waals surface area contributed by atoms with Gasteiger partial charge in [0.1, 0.15) is 0 Å². The van der Waals surface area contributed by atoms with Crippen molar-refractivity contribution in [2.24, 2.45) is 0 Å². The molecule has 0 bridgehead atoms. The maximum atomic E-state index is 2.34. The van der Waals surface area contributed by atoms with Crippen LogP contribution in [-0.2, 0) is 0 Å². The van der Waals surface area contributed by atoms with Crippen LogP contribution in [0.3, 0.4) is 0 Å². The van der Waals surface area contributed by atoms with Gasteiger partial charge in [-0.05, 0) is 112 Å². The SMILES string of the molecule is CSC1=C(SC)SC(=C(C)C2=C(C(C)=C3SC(SC)=C(SC)S3)SC(=C/C=C/C=C3SC(C(C)=C4SC(SC)=C(SC)S4)=C(C(C)=C4SC(SC)=C(SC)S4)S3)S2)S1. The summed E-state index contributed by atoms with van der Waals surface area (Å²) in [6.45, 7) is 9.35. The Bertz CT molecular complexity index is 1790. The summed E-state index contributed by atoms with van der Waals surface area (Å²) in [5.74, 6) is 0. The van der Waals surface area contributed by atoms with E-state index in [0.29, 0.717) is 0 Å². The molecule has 0 aromatic rings. The van der Waals surface area contributed by atoms with E-state index < -0.39 is 0 Å². The van der Waals surface area contributed by atoms with E-state index >= 15 is 0 Å². The minimum absolute atomic E-state index is 1.33. The highest BCUT2D eigenvalue weighted by atomic mass is 32.3. The minimum Gasteiger partial charge on any atom is -0.121 e. The van der Waals surface area contributed by atoms with E-state index in [9.17, 15) is 0 Å². The number of thioether (sulfide) groups is 20. The third-order valence-electron chi connectivity index (χ3n) is 8.02. The molecule has 0 aliphatic carbocycles. The van der Waals surface area contributed by atoms with Crippen LogP contribution < -0.4 is 0 Å². The molecule has 0 radical (unpaired) electrons. The van der Waals surface area contributed by atoms with Gasteiger partial charge in [-0.1, -0.05) is 153 Å². The first-order valence-corrected chi connectivity index (χ1v) is 36.5. The Kier molecular flexibility index (Phi) is 21.6. The average Bonchev–Trinajstić information content (AvgIpc) is 4.11. The van der Waals surface area contributed by atoms with Gasteiger partial charge in [-0.3, -0.25) is 0 Å². The highest BCUT2D eigenvalue weighted by Gasteiger charge is 2.33. The summed E-state index contributed by atoms with van der Waals surface area (Å²) in [4.78, 5) is 5.61. The zero-order valence-corrected chi connectivity index (χ0v) is 49.8. The standard InChI is InChI=1S/C38H40S20/c1-17(27-51-31(39-5)32(40-6)52-27)23-24(18(2)28-53-33(41-7)34(42-8)54-28)48-21(47-23)15-13-14-16-22-49-25(19(3)29-55-35(43-9)36(44-10)56-29)26(50-22)20(4)30-57-37(45-11)38(46-12)58-30/h13-16H,1-12H3/b14-13+. The molecule has 6 aliphatic heterocycles. The van der Waals surface area contributed by atoms with Gasteiger partial charge in [0.05, 0.1) is 50.8 Å². The lowest BCUT2D eigenvalue weighted by Crippen LogP contribution is -1.88. The molecule has 0 saturated carbocycles. The summed E-state index contributed by atoms with van der Waals surface area (Å²) in [5.41, 5.74) is 5.59. The molecule has 0 nitrogen and oxygen atoms in total. The monoisotopic (exact) mass is 1140 g/mol. The Labute approximate surface area is 432 Å². The van der Waals surface area contributed by atoms with Crippen molar-refractivity contribution in [2.75, 3.05) is 50.0 Å². The molecule has 6 heterocycles. The van der Waals surface area contributed by atoms with Crippen LogP contribution >= 0.6 is 235 Å². The second-order valence-electron chi connectivity index (χ2n) is 11.5. The zero-order chi connectivity index (χ0) is 41.7. The van der Waals surface area contributed by atoms with Crippen LogP contribution in [0.15, 0.2) is 126 Å². The Hall–Kier alpha value is 3.62. The molecule has 0 saturated heterocycles. The lowest BCUT2D eigenvalue weighted by molar-refractivity contribution is 1.45. The van der Waals surface area contributed by atoms with Crippen molar-refractivity contribution in [3.05, 3.63) is 126 Å². The van der Waals surface area contributed by atoms with Crippen LogP contribution in [0.4, 0.5) is 0 Å². The van der Waals surface area contributed by atoms with Gasteiger partial charge in [-0.2, -0.15) is 0 Å². The van der Waals surface area contributed by atoms with Crippen molar-refractivity contribution in [2.45, 2.75) is 27.7 Å². The molecule has 0 N–H and O–H groups in total. The summed E-state index contributed by atoms with van der Waals surface area (Å²) in [6.07, 6.45) is 26.8. The summed E-state index contributed by atoms with van der Waals surface area (Å²) in [7, 11) is 0. The Morgan fingerprint density at radius 2 is 0.466 bits per heavy atom. The predicted octanol–water partition coefficient (Wildman–Crippen LogP) is 20.9. The highest BCUT2D eigenvalue weighted by molar-refractivity contribution is 8.43. The first-order valence-electron chi connectivity index (χ1n) is 16.9. The zero-order valence-electron chi connectivity index (χ0n) is 33.5. The van der Waals surface area contributed by atoms with Crippen molar-refractivity contribution in [3.8, 4) is 0 Å².